The van der Waals surface area contributed by atoms with Gasteiger partial charge >= 0.3 is 0 Å². The largest absolute Gasteiger partial charge is 0.391 e. The summed E-state index contributed by atoms with van der Waals surface area (Å²) in [4.78, 5) is 2.25. The predicted octanol–water partition coefficient (Wildman–Crippen LogP) is 1.74. The number of nitrogens with zero attached hydrogens (tertiary/aromatic N) is 1. The molecule has 1 aliphatic heterocycles. The van der Waals surface area contributed by atoms with E-state index in [0.717, 1.165) is 30.5 Å². The minimum Gasteiger partial charge on any atom is -0.391 e. The van der Waals surface area contributed by atoms with Crippen molar-refractivity contribution in [3.8, 4) is 0 Å². The molecule has 1 heterocycles. The summed E-state index contributed by atoms with van der Waals surface area (Å²) in [6.07, 6.45) is 0.687. The second-order valence-corrected chi connectivity index (χ2v) is 5.11. The maximum atomic E-state index is 9.58. The van der Waals surface area contributed by atoms with Gasteiger partial charge in [-0.25, -0.2) is 0 Å². The zero-order chi connectivity index (χ0) is 11.5. The SMILES string of the molecule is CNCc1ccc(Br)cc1N1CCC(O)C1. The first-order chi connectivity index (χ1) is 7.70. The number of hydrogen-bond donors (Lipinski definition) is 2. The Morgan fingerprint density at radius 3 is 3.00 bits per heavy atom. The van der Waals surface area contributed by atoms with Gasteiger partial charge in [-0.3, -0.25) is 0 Å². The summed E-state index contributed by atoms with van der Waals surface area (Å²) in [6.45, 7) is 2.54. The molecular formula is C12H17BrN2O. The summed E-state index contributed by atoms with van der Waals surface area (Å²) < 4.78 is 1.09. The van der Waals surface area contributed by atoms with Crippen molar-refractivity contribution in [3.05, 3.63) is 28.2 Å². The highest BCUT2D eigenvalue weighted by atomic mass is 79.9. The molecule has 1 saturated heterocycles. The summed E-state index contributed by atoms with van der Waals surface area (Å²) in [6, 6.07) is 6.31. The molecule has 0 aliphatic carbocycles. The number of hydrogen-bond acceptors (Lipinski definition) is 3. The van der Waals surface area contributed by atoms with E-state index in [2.05, 4.69) is 44.3 Å². The van der Waals surface area contributed by atoms with E-state index in [1.54, 1.807) is 0 Å². The fourth-order valence-electron chi connectivity index (χ4n) is 2.13. The van der Waals surface area contributed by atoms with Gasteiger partial charge < -0.3 is 15.3 Å². The molecular weight excluding hydrogens is 268 g/mol. The molecule has 1 aromatic carbocycles. The van der Waals surface area contributed by atoms with Gasteiger partial charge in [-0.15, -0.1) is 0 Å². The van der Waals surface area contributed by atoms with Crippen LogP contribution in [0.2, 0.25) is 0 Å². The van der Waals surface area contributed by atoms with Gasteiger partial charge in [-0.05, 0) is 31.2 Å². The number of halogens is 1. The van der Waals surface area contributed by atoms with Crippen molar-refractivity contribution in [2.24, 2.45) is 0 Å². The zero-order valence-corrected chi connectivity index (χ0v) is 11.0. The van der Waals surface area contributed by atoms with Gasteiger partial charge in [0.2, 0.25) is 0 Å². The standard InChI is InChI=1S/C12H17BrN2O/c1-14-7-9-2-3-10(13)6-12(9)15-5-4-11(16)8-15/h2-3,6,11,14,16H,4-5,7-8H2,1H3. The molecule has 0 saturated carbocycles. The fourth-order valence-corrected chi connectivity index (χ4v) is 2.48. The molecule has 16 heavy (non-hydrogen) atoms. The van der Waals surface area contributed by atoms with E-state index in [1.807, 2.05) is 7.05 Å². The molecule has 0 bridgehead atoms. The summed E-state index contributed by atoms with van der Waals surface area (Å²) in [7, 11) is 1.95. The van der Waals surface area contributed by atoms with E-state index < -0.39 is 0 Å². The van der Waals surface area contributed by atoms with Crippen molar-refractivity contribution in [3.63, 3.8) is 0 Å². The highest BCUT2D eigenvalue weighted by Gasteiger charge is 2.22. The first kappa shape index (κ1) is 11.9. The molecule has 0 aromatic heterocycles. The van der Waals surface area contributed by atoms with Gasteiger partial charge in [-0.1, -0.05) is 22.0 Å². The monoisotopic (exact) mass is 284 g/mol. The number of aliphatic hydroxyl groups is 1. The maximum Gasteiger partial charge on any atom is 0.0731 e. The highest BCUT2D eigenvalue weighted by molar-refractivity contribution is 9.10. The average Bonchev–Trinajstić information content (AvgIpc) is 2.68. The lowest BCUT2D eigenvalue weighted by molar-refractivity contribution is 0.198. The smallest absolute Gasteiger partial charge is 0.0731 e. The third-order valence-electron chi connectivity index (χ3n) is 2.92. The molecule has 88 valence electrons. The first-order valence-corrected chi connectivity index (χ1v) is 6.36. The van der Waals surface area contributed by atoms with Crippen molar-refractivity contribution in [1.82, 2.24) is 5.32 Å². The van der Waals surface area contributed by atoms with Crippen LogP contribution >= 0.6 is 15.9 Å². The Kier molecular flexibility index (Phi) is 3.84. The molecule has 3 nitrogen and oxygen atoms in total. The van der Waals surface area contributed by atoms with Crippen LogP contribution in [-0.4, -0.2) is 31.3 Å². The lowest BCUT2D eigenvalue weighted by Crippen LogP contribution is -2.23. The van der Waals surface area contributed by atoms with Gasteiger partial charge in [0, 0.05) is 29.8 Å². The molecule has 0 radical (unpaired) electrons. The number of anilines is 1. The van der Waals surface area contributed by atoms with E-state index in [4.69, 9.17) is 0 Å². The van der Waals surface area contributed by atoms with E-state index >= 15 is 0 Å². The normalized spacial score (nSPS) is 20.4. The van der Waals surface area contributed by atoms with Gasteiger partial charge in [0.1, 0.15) is 0 Å². The van der Waals surface area contributed by atoms with Crippen LogP contribution in [0, 0.1) is 0 Å². The topological polar surface area (TPSA) is 35.5 Å². The maximum absolute atomic E-state index is 9.58. The number of benzene rings is 1. The predicted molar refractivity (Wildman–Crippen MR) is 69.7 cm³/mol. The number of nitrogens with one attached hydrogen (secondary N) is 1. The fraction of sp³-hybridized carbons (Fsp3) is 0.500. The number of β-amino-alcohol motifs (C(OH)–C–C–N with tert-alkyl or cyclic N) is 1. The molecule has 1 aliphatic rings. The summed E-state index contributed by atoms with van der Waals surface area (Å²) in [5.41, 5.74) is 2.50. The van der Waals surface area contributed by atoms with E-state index in [9.17, 15) is 5.11 Å². The average molecular weight is 285 g/mol. The second kappa shape index (κ2) is 5.17. The van der Waals surface area contributed by atoms with E-state index in [0.29, 0.717) is 0 Å². The van der Waals surface area contributed by atoms with Gasteiger partial charge in [0.05, 0.1) is 6.10 Å². The van der Waals surface area contributed by atoms with Gasteiger partial charge in [0.25, 0.3) is 0 Å². The molecule has 4 heteroatoms. The van der Waals surface area contributed by atoms with Crippen LogP contribution in [-0.2, 0) is 6.54 Å². The third kappa shape index (κ3) is 2.56. The van der Waals surface area contributed by atoms with Crippen molar-refractivity contribution in [1.29, 1.82) is 0 Å². The molecule has 1 fully saturated rings. The van der Waals surface area contributed by atoms with Crippen molar-refractivity contribution in [2.45, 2.75) is 19.1 Å². The van der Waals surface area contributed by atoms with Crippen LogP contribution in [0.15, 0.2) is 22.7 Å². The van der Waals surface area contributed by atoms with E-state index in [1.165, 1.54) is 11.3 Å². The molecule has 0 spiro atoms. The summed E-state index contributed by atoms with van der Waals surface area (Å²) in [5.74, 6) is 0. The van der Waals surface area contributed by atoms with Crippen LogP contribution in [0.4, 0.5) is 5.69 Å². The van der Waals surface area contributed by atoms with Crippen LogP contribution < -0.4 is 10.2 Å². The van der Waals surface area contributed by atoms with E-state index in [-0.39, 0.29) is 6.10 Å². The lowest BCUT2D eigenvalue weighted by Gasteiger charge is -2.22. The molecule has 2 N–H and O–H groups in total. The molecule has 1 unspecified atom stereocenters. The van der Waals surface area contributed by atoms with Gasteiger partial charge in [0.15, 0.2) is 0 Å². The minimum atomic E-state index is -0.179. The van der Waals surface area contributed by atoms with Crippen molar-refractivity contribution >= 4 is 21.6 Å². The minimum absolute atomic E-state index is 0.179. The summed E-state index contributed by atoms with van der Waals surface area (Å²) in [5, 5.41) is 12.8. The quantitative estimate of drug-likeness (QED) is 0.888. The Balaban J connectivity index is 2.26. The Hall–Kier alpha value is -0.580. The first-order valence-electron chi connectivity index (χ1n) is 5.56. The summed E-state index contributed by atoms with van der Waals surface area (Å²) >= 11 is 3.50. The number of aliphatic hydroxyl groups excluding tert-OH is 1. The highest BCUT2D eigenvalue weighted by Crippen LogP contribution is 2.28. The Morgan fingerprint density at radius 2 is 2.38 bits per heavy atom. The second-order valence-electron chi connectivity index (χ2n) is 4.19. The third-order valence-corrected chi connectivity index (χ3v) is 3.41. The lowest BCUT2D eigenvalue weighted by atomic mass is 10.1. The van der Waals surface area contributed by atoms with Crippen LogP contribution in [0.1, 0.15) is 12.0 Å². The molecule has 1 aromatic rings. The van der Waals surface area contributed by atoms with Crippen molar-refractivity contribution < 1.29 is 5.11 Å². The van der Waals surface area contributed by atoms with Crippen LogP contribution in [0.3, 0.4) is 0 Å². The van der Waals surface area contributed by atoms with Gasteiger partial charge in [-0.2, -0.15) is 0 Å². The Bertz CT molecular complexity index is 370. The molecule has 2 rings (SSSR count). The Labute approximate surface area is 105 Å². The Morgan fingerprint density at radius 1 is 1.56 bits per heavy atom. The van der Waals surface area contributed by atoms with Crippen LogP contribution in [0.25, 0.3) is 0 Å². The zero-order valence-electron chi connectivity index (χ0n) is 9.41. The number of rotatable bonds is 3. The molecule has 1 atom stereocenters. The van der Waals surface area contributed by atoms with Crippen molar-refractivity contribution in [2.75, 3.05) is 25.0 Å². The molecule has 0 amide bonds. The van der Waals surface area contributed by atoms with Crippen LogP contribution in [0.5, 0.6) is 0 Å².